The van der Waals surface area contributed by atoms with Gasteiger partial charge in [0.05, 0.1) is 12.1 Å². The van der Waals surface area contributed by atoms with Crippen molar-refractivity contribution in [2.75, 3.05) is 0 Å². The minimum Gasteiger partial charge on any atom is -0.207 e. The predicted molar refractivity (Wildman–Crippen MR) is 206 cm³/mol. The molecule has 1 saturated carbocycles. The van der Waals surface area contributed by atoms with E-state index < -0.39 is 144 Å². The van der Waals surface area contributed by atoms with E-state index in [2.05, 4.69) is 41.5 Å². The quantitative estimate of drug-likeness (QED) is 0.0609. The number of nitriles is 2. The Labute approximate surface area is 385 Å². The molecule has 1 aliphatic carbocycles. The van der Waals surface area contributed by atoms with Crippen LogP contribution in [-0.4, -0.2) is 23.1 Å². The molecule has 1 fully saturated rings. The fourth-order valence-electron chi connectivity index (χ4n) is 6.98. The van der Waals surface area contributed by atoms with Crippen molar-refractivity contribution in [2.24, 2.45) is 0 Å². The Morgan fingerprint density at radius 2 is 0.418 bits per heavy atom. The molecule has 5 radical (unpaired) electrons. The zero-order valence-corrected chi connectivity index (χ0v) is 38.1. The third-order valence-electron chi connectivity index (χ3n) is 9.05. The van der Waals surface area contributed by atoms with Crippen LogP contribution in [0, 0.1) is 171 Å². The first-order valence-corrected chi connectivity index (χ1v) is 19.8. The molecular weight excluding hydrogens is 1060 g/mol. The van der Waals surface area contributed by atoms with Gasteiger partial charge in [0.15, 0.2) is 69.8 Å². The van der Waals surface area contributed by atoms with Crippen LogP contribution >= 0.6 is 7.92 Å². The van der Waals surface area contributed by atoms with Gasteiger partial charge in [0, 0.05) is 13.8 Å². The van der Waals surface area contributed by atoms with E-state index >= 15 is 35.1 Å². The van der Waals surface area contributed by atoms with Gasteiger partial charge >= 0.3 is 19.5 Å². The zero-order chi connectivity index (χ0) is 51.6. The second-order valence-electron chi connectivity index (χ2n) is 13.9. The molecule has 0 amide bonds. The molecule has 1 aliphatic rings. The van der Waals surface area contributed by atoms with E-state index in [0.717, 1.165) is 17.0 Å². The zero-order valence-electron chi connectivity index (χ0n) is 35.5. The van der Waals surface area contributed by atoms with Gasteiger partial charge < -0.3 is 0 Å². The molecule has 67 heavy (non-hydrogen) atoms. The van der Waals surface area contributed by atoms with Gasteiger partial charge in [-0.15, -0.1) is 21.9 Å². The first-order chi connectivity index (χ1) is 30.5. The Morgan fingerprint density at radius 3 is 0.507 bits per heavy atom. The summed E-state index contributed by atoms with van der Waals surface area (Å²) in [5.41, 5.74) is -11.6. The summed E-state index contributed by atoms with van der Waals surface area (Å²) in [5.74, 6) is -71.4. The van der Waals surface area contributed by atoms with Gasteiger partial charge in [-0.25, -0.2) is 87.8 Å². The Balaban J connectivity index is 0.00000164. The standard InChI is InChI=1S/C24BF20.C9H21P.C5H5.2C2H3N.Ru/c26-5-1(6(27)14(35)21(42)13(5)34)25(2-7(28)15(36)22(43)16(37)8(2)29,3-9(30)17(38)23(44)18(39)10(3)31)4-11(32)19(40)24(45)20(41)12(4)33;1-7(2)10(8(3)4)9(5)6;1-2-4-5-3-1;2*1-2-3;/h;7-9H,1-6H3;1-5H;2*1H3;/q-1;;;;;+2. The summed E-state index contributed by atoms with van der Waals surface area (Å²) >= 11 is 0. The van der Waals surface area contributed by atoms with Crippen LogP contribution in [0.25, 0.3) is 0 Å². The summed E-state index contributed by atoms with van der Waals surface area (Å²) in [4.78, 5) is 0. The van der Waals surface area contributed by atoms with Gasteiger partial charge in [0.2, 0.25) is 0 Å². The van der Waals surface area contributed by atoms with Crippen LogP contribution in [0.3, 0.4) is 0 Å². The number of hydrogen-bond donors (Lipinski definition) is 0. The van der Waals surface area contributed by atoms with Crippen molar-refractivity contribution in [3.05, 3.63) is 148 Å². The van der Waals surface area contributed by atoms with Gasteiger partial charge in [-0.2, -0.15) is 10.5 Å². The molecule has 0 heterocycles. The number of hydrogen-bond acceptors (Lipinski definition) is 2. The molecule has 0 bridgehead atoms. The van der Waals surface area contributed by atoms with Crippen molar-refractivity contribution < 1.29 is 107 Å². The molecule has 5 rings (SSSR count). The Hall–Kier alpha value is -4.42. The molecule has 4 aromatic rings. The van der Waals surface area contributed by atoms with Crippen LogP contribution in [0.15, 0.2) is 0 Å². The molecule has 0 unspecified atom stereocenters. The van der Waals surface area contributed by atoms with Crippen LogP contribution in [0.1, 0.15) is 55.4 Å². The summed E-state index contributed by atoms with van der Waals surface area (Å²) in [6, 6.07) is 3.50. The first-order valence-electron chi connectivity index (χ1n) is 18.3. The number of nitrogens with zero attached hydrogens (tertiary/aromatic N) is 2. The van der Waals surface area contributed by atoms with Crippen LogP contribution in [0.2, 0.25) is 0 Å². The maximum atomic E-state index is 15.4. The van der Waals surface area contributed by atoms with Gasteiger partial charge in [-0.3, -0.25) is 0 Å². The second-order valence-corrected chi connectivity index (χ2v) is 17.9. The van der Waals surface area contributed by atoms with Crippen LogP contribution < -0.4 is 21.9 Å². The molecule has 0 aromatic heterocycles. The monoisotopic (exact) mass is 1090 g/mol. The smallest absolute Gasteiger partial charge is 0.207 e. The Kier molecular flexibility index (Phi) is 24.6. The van der Waals surface area contributed by atoms with Crippen molar-refractivity contribution in [1.29, 1.82) is 10.5 Å². The summed E-state index contributed by atoms with van der Waals surface area (Å²) in [6.07, 6.45) is 2.78. The van der Waals surface area contributed by atoms with E-state index in [4.69, 9.17) is 10.5 Å². The number of benzene rings is 4. The maximum Gasteiger partial charge on any atom is 2.00 e. The fraction of sp³-hybridized carbons (Fsp3) is 0.262. The van der Waals surface area contributed by atoms with Gasteiger partial charge in [-0.05, 0) is 49.1 Å². The third-order valence-corrected chi connectivity index (χ3v) is 12.6. The SMILES string of the molecule is CC#N.CC#N.CC(C)P(C(C)C)C(C)C.Fc1c(F)c(F)c([B-](c2c(F)c(F)c(F)c(F)c2F)(c2c(F)c(F)c(F)c(F)c2F)c2c(F)c(F)c(F)c(F)c2F)c(F)c1F.[CH]1[CH][CH][CH][CH]1.[Ru+2]. The average Bonchev–Trinajstić information content (AvgIpc) is 3.85. The van der Waals surface area contributed by atoms with Crippen molar-refractivity contribution in [3.63, 3.8) is 0 Å². The molecule has 25 heteroatoms. The Bertz CT molecular complexity index is 2050. The first kappa shape index (κ1) is 62.6. The van der Waals surface area contributed by atoms with Crippen LogP contribution in [0.4, 0.5) is 87.8 Å². The molecule has 0 saturated heterocycles. The van der Waals surface area contributed by atoms with Gasteiger partial charge in [0.1, 0.15) is 52.7 Å². The van der Waals surface area contributed by atoms with Gasteiger partial charge in [-0.1, -0.05) is 49.5 Å². The number of halogens is 20. The molecule has 0 N–H and O–H groups in total. The van der Waals surface area contributed by atoms with E-state index in [0.29, 0.717) is 0 Å². The summed E-state index contributed by atoms with van der Waals surface area (Å²) < 4.78 is 294. The van der Waals surface area contributed by atoms with Crippen LogP contribution in [-0.2, 0) is 19.5 Å². The molecule has 0 atom stereocenters. The maximum absolute atomic E-state index is 15.4. The summed E-state index contributed by atoms with van der Waals surface area (Å²) in [5, 5.41) is 14.6. The van der Waals surface area contributed by atoms with Crippen LogP contribution in [0.5, 0.6) is 0 Å². The molecule has 0 spiro atoms. The predicted octanol–water partition coefficient (Wildman–Crippen LogP) is 11.6. The minimum absolute atomic E-state index is 0. The van der Waals surface area contributed by atoms with E-state index in [9.17, 15) is 52.7 Å². The minimum atomic E-state index is -7.22. The molecule has 2 nitrogen and oxygen atoms in total. The summed E-state index contributed by atoms with van der Waals surface area (Å²) in [7, 11) is 0.262. The third kappa shape index (κ3) is 12.4. The van der Waals surface area contributed by atoms with Crippen molar-refractivity contribution in [2.45, 2.75) is 72.4 Å². The van der Waals surface area contributed by atoms with Crippen molar-refractivity contribution >= 4 is 35.9 Å². The summed E-state index contributed by atoms with van der Waals surface area (Å²) in [6.45, 7) is 17.0. The second kappa shape index (κ2) is 26.4. The van der Waals surface area contributed by atoms with E-state index in [1.807, 2.05) is 32.1 Å². The molecular formula is C42H32BF20N2PRu+. The Morgan fingerprint density at radius 1 is 0.313 bits per heavy atom. The molecule has 365 valence electrons. The number of rotatable bonds is 7. The van der Waals surface area contributed by atoms with Gasteiger partial charge in [0.25, 0.3) is 0 Å². The van der Waals surface area contributed by atoms with E-state index in [1.165, 1.54) is 13.8 Å². The largest absolute Gasteiger partial charge is 2.00 e. The topological polar surface area (TPSA) is 47.6 Å². The van der Waals surface area contributed by atoms with Crippen molar-refractivity contribution in [1.82, 2.24) is 0 Å². The fourth-order valence-corrected chi connectivity index (χ4v) is 10.6. The normalized spacial score (nSPS) is 12.0. The average molecular weight is 1090 g/mol. The van der Waals surface area contributed by atoms with E-state index in [-0.39, 0.29) is 27.4 Å². The van der Waals surface area contributed by atoms with E-state index in [1.54, 1.807) is 12.1 Å². The molecule has 0 aliphatic heterocycles. The van der Waals surface area contributed by atoms with Crippen molar-refractivity contribution in [3.8, 4) is 12.1 Å². The molecule has 4 aromatic carbocycles.